The smallest absolute Gasteiger partial charge is 0.110 e. The number of nitrogens with two attached hydrogens (primary N) is 1. The zero-order valence-corrected chi connectivity index (χ0v) is 12.2. The van der Waals surface area contributed by atoms with E-state index in [-0.39, 0.29) is 0 Å². The Hall–Kier alpha value is -1.71. The third kappa shape index (κ3) is 2.74. The summed E-state index contributed by atoms with van der Waals surface area (Å²) in [7, 11) is 0. The topological polar surface area (TPSA) is 41.6 Å². The number of nitrogen functional groups attached to an aromatic ring is 1. The lowest BCUT2D eigenvalue weighted by Gasteiger charge is -2.21. The number of hydrogen-bond donors (Lipinski definition) is 1. The molecule has 0 saturated carbocycles. The van der Waals surface area contributed by atoms with Crippen LogP contribution in [-0.2, 0) is 6.54 Å². The Morgan fingerprint density at radius 1 is 1.10 bits per heavy atom. The van der Waals surface area contributed by atoms with E-state index in [1.807, 2.05) is 36.4 Å². The fourth-order valence-corrected chi connectivity index (χ4v) is 2.51. The molecule has 0 bridgehead atoms. The van der Waals surface area contributed by atoms with Crippen molar-refractivity contribution >= 4 is 35.1 Å². The predicted octanol–water partition coefficient (Wildman–Crippen LogP) is 2.41. The molecular formula is C15H13Cl2N3. The van der Waals surface area contributed by atoms with Gasteiger partial charge in [-0.05, 0) is 35.9 Å². The van der Waals surface area contributed by atoms with Crippen LogP contribution < -0.4 is 16.3 Å². The molecule has 102 valence electrons. The molecule has 20 heavy (non-hydrogen) atoms. The third-order valence-corrected chi connectivity index (χ3v) is 3.90. The first-order chi connectivity index (χ1) is 9.61. The molecule has 0 spiro atoms. The van der Waals surface area contributed by atoms with Crippen molar-refractivity contribution < 1.29 is 0 Å². The van der Waals surface area contributed by atoms with Crippen molar-refractivity contribution in [3.05, 3.63) is 62.6 Å². The molecule has 0 aromatic heterocycles. The molecule has 2 N–H and O–H groups in total. The Balaban J connectivity index is 1.88. The van der Waals surface area contributed by atoms with Crippen LogP contribution in [0.25, 0.3) is 6.20 Å². The number of fused-ring (bicyclic) bond motifs is 1. The van der Waals surface area contributed by atoms with E-state index in [1.165, 1.54) is 0 Å². The van der Waals surface area contributed by atoms with Crippen molar-refractivity contribution in [2.45, 2.75) is 6.54 Å². The van der Waals surface area contributed by atoms with Gasteiger partial charge in [0.05, 0.1) is 15.4 Å². The molecule has 0 unspecified atom stereocenters. The van der Waals surface area contributed by atoms with Gasteiger partial charge in [0.2, 0.25) is 0 Å². The summed E-state index contributed by atoms with van der Waals surface area (Å²) in [6, 6.07) is 11.4. The van der Waals surface area contributed by atoms with Crippen LogP contribution in [0, 0.1) is 0 Å². The summed E-state index contributed by atoms with van der Waals surface area (Å²) in [6.07, 6.45) is 2.07. The molecule has 0 saturated heterocycles. The zero-order valence-electron chi connectivity index (χ0n) is 10.7. The molecule has 0 aliphatic carbocycles. The van der Waals surface area contributed by atoms with E-state index in [1.54, 1.807) is 0 Å². The molecule has 1 heterocycles. The van der Waals surface area contributed by atoms with Crippen LogP contribution in [-0.4, -0.2) is 11.6 Å². The monoisotopic (exact) mass is 305 g/mol. The molecule has 1 aliphatic rings. The lowest BCUT2D eigenvalue weighted by atomic mass is 10.2. The van der Waals surface area contributed by atoms with Crippen LogP contribution in [0.15, 0.2) is 41.4 Å². The van der Waals surface area contributed by atoms with E-state index in [9.17, 15) is 0 Å². The highest BCUT2D eigenvalue weighted by atomic mass is 35.5. The van der Waals surface area contributed by atoms with Crippen LogP contribution in [0.1, 0.15) is 5.56 Å². The van der Waals surface area contributed by atoms with Crippen LogP contribution in [0.5, 0.6) is 0 Å². The molecule has 0 amide bonds. The van der Waals surface area contributed by atoms with Crippen LogP contribution in [0.4, 0.5) is 5.69 Å². The van der Waals surface area contributed by atoms with Gasteiger partial charge in [-0.2, -0.15) is 0 Å². The number of nitrogens with zero attached hydrogens (tertiary/aromatic N) is 2. The Morgan fingerprint density at radius 3 is 2.75 bits per heavy atom. The minimum Gasteiger partial charge on any atom is -0.399 e. The second kappa shape index (κ2) is 5.35. The van der Waals surface area contributed by atoms with Crippen LogP contribution in [0.2, 0.25) is 10.0 Å². The lowest BCUT2D eigenvalue weighted by molar-refractivity contribution is 0.407. The standard InChI is InChI=1S/C15H13Cl2N3/c16-13-3-1-10(5-14(13)17)7-20-8-11-6-12(18)2-4-15(11)19-9-20/h1-6,8H,7,9,18H2. The van der Waals surface area contributed by atoms with Crippen molar-refractivity contribution in [2.24, 2.45) is 4.99 Å². The fourth-order valence-electron chi connectivity index (χ4n) is 2.19. The van der Waals surface area contributed by atoms with Gasteiger partial charge in [-0.3, -0.25) is 4.99 Å². The van der Waals surface area contributed by atoms with Gasteiger partial charge in [0.1, 0.15) is 6.67 Å². The predicted molar refractivity (Wildman–Crippen MR) is 83.0 cm³/mol. The van der Waals surface area contributed by atoms with Crippen LogP contribution in [0.3, 0.4) is 0 Å². The summed E-state index contributed by atoms with van der Waals surface area (Å²) in [5.41, 5.74) is 7.64. The van der Waals surface area contributed by atoms with Crippen molar-refractivity contribution in [1.82, 2.24) is 4.90 Å². The quantitative estimate of drug-likeness (QED) is 0.866. The molecule has 0 fully saturated rings. The molecule has 2 aromatic carbocycles. The van der Waals surface area contributed by atoms with Crippen molar-refractivity contribution in [3.63, 3.8) is 0 Å². The normalized spacial score (nSPS) is 13.4. The minimum atomic E-state index is 0.570. The van der Waals surface area contributed by atoms with E-state index in [4.69, 9.17) is 28.9 Å². The average molecular weight is 306 g/mol. The van der Waals surface area contributed by atoms with E-state index in [0.717, 1.165) is 28.4 Å². The van der Waals surface area contributed by atoms with Crippen LogP contribution >= 0.6 is 23.2 Å². The minimum absolute atomic E-state index is 0.570. The molecule has 3 rings (SSSR count). The molecule has 1 aliphatic heterocycles. The first-order valence-corrected chi connectivity index (χ1v) is 6.97. The number of hydrogen-bond acceptors (Lipinski definition) is 3. The van der Waals surface area contributed by atoms with E-state index in [0.29, 0.717) is 16.7 Å². The first-order valence-electron chi connectivity index (χ1n) is 6.22. The number of anilines is 1. The maximum absolute atomic E-state index is 6.03. The highest BCUT2D eigenvalue weighted by molar-refractivity contribution is 6.42. The first kappa shape index (κ1) is 13.3. The number of halogens is 2. The number of rotatable bonds is 2. The summed E-state index contributed by atoms with van der Waals surface area (Å²) in [6.45, 7) is 1.35. The molecular weight excluding hydrogens is 293 g/mol. The maximum Gasteiger partial charge on any atom is 0.110 e. The van der Waals surface area contributed by atoms with E-state index in [2.05, 4.69) is 16.1 Å². The summed E-state index contributed by atoms with van der Waals surface area (Å²) < 4.78 is 0. The molecule has 0 radical (unpaired) electrons. The third-order valence-electron chi connectivity index (χ3n) is 3.17. The van der Waals surface area contributed by atoms with Gasteiger partial charge in [0, 0.05) is 23.7 Å². The fraction of sp³-hybridized carbons (Fsp3) is 0.133. The van der Waals surface area contributed by atoms with Gasteiger partial charge in [-0.15, -0.1) is 0 Å². The molecule has 0 atom stereocenters. The summed E-state index contributed by atoms with van der Waals surface area (Å²) >= 11 is 12.0. The van der Waals surface area contributed by atoms with Gasteiger partial charge in [-0.25, -0.2) is 0 Å². The van der Waals surface area contributed by atoms with Gasteiger partial charge in [-0.1, -0.05) is 29.3 Å². The van der Waals surface area contributed by atoms with Gasteiger partial charge < -0.3 is 10.6 Å². The Kier molecular flexibility index (Phi) is 3.55. The van der Waals surface area contributed by atoms with Crippen molar-refractivity contribution in [3.8, 4) is 0 Å². The number of benzene rings is 2. The highest BCUT2D eigenvalue weighted by Crippen LogP contribution is 2.23. The summed E-state index contributed by atoms with van der Waals surface area (Å²) in [4.78, 5) is 6.64. The Labute approximate surface area is 126 Å². The second-order valence-corrected chi connectivity index (χ2v) is 5.56. The highest BCUT2D eigenvalue weighted by Gasteiger charge is 2.06. The van der Waals surface area contributed by atoms with Gasteiger partial charge >= 0.3 is 0 Å². The Bertz CT molecular complexity index is 771. The van der Waals surface area contributed by atoms with Crippen molar-refractivity contribution in [1.29, 1.82) is 0 Å². The second-order valence-electron chi connectivity index (χ2n) is 4.74. The van der Waals surface area contributed by atoms with E-state index >= 15 is 0 Å². The Morgan fingerprint density at radius 2 is 1.95 bits per heavy atom. The molecule has 5 heteroatoms. The van der Waals surface area contributed by atoms with Crippen molar-refractivity contribution in [2.75, 3.05) is 12.4 Å². The maximum atomic E-state index is 6.03. The van der Waals surface area contributed by atoms with E-state index < -0.39 is 0 Å². The average Bonchev–Trinajstić information content (AvgIpc) is 2.42. The SMILES string of the molecule is Nc1ccc2c(c1)=CN(Cc1ccc(Cl)c(Cl)c1)CN=2. The molecule has 3 nitrogen and oxygen atoms in total. The van der Waals surface area contributed by atoms with Gasteiger partial charge in [0.25, 0.3) is 0 Å². The molecule has 2 aromatic rings. The largest absolute Gasteiger partial charge is 0.399 e. The zero-order chi connectivity index (χ0) is 14.1. The summed E-state index contributed by atoms with van der Waals surface area (Å²) in [5, 5.41) is 3.16. The van der Waals surface area contributed by atoms with Gasteiger partial charge in [0.15, 0.2) is 0 Å². The summed E-state index contributed by atoms with van der Waals surface area (Å²) in [5.74, 6) is 0. The lowest BCUT2D eigenvalue weighted by Crippen LogP contribution is -2.35.